The van der Waals surface area contributed by atoms with Gasteiger partial charge in [0.15, 0.2) is 5.82 Å². The number of anilines is 2. The molecule has 0 radical (unpaired) electrons. The number of amides is 1. The van der Waals surface area contributed by atoms with Gasteiger partial charge in [-0.1, -0.05) is 11.6 Å². The van der Waals surface area contributed by atoms with Crippen molar-refractivity contribution in [1.82, 2.24) is 9.55 Å². The van der Waals surface area contributed by atoms with Crippen LogP contribution in [0.4, 0.5) is 15.8 Å². The van der Waals surface area contributed by atoms with Crippen molar-refractivity contribution in [2.45, 2.75) is 18.9 Å². The Bertz CT molecular complexity index is 1560. The van der Waals surface area contributed by atoms with Gasteiger partial charge >= 0.3 is 5.97 Å². The lowest BCUT2D eigenvalue weighted by Crippen LogP contribution is -2.31. The molecule has 1 amide bonds. The van der Waals surface area contributed by atoms with Crippen LogP contribution in [0.1, 0.15) is 28.6 Å². The van der Waals surface area contributed by atoms with E-state index in [1.165, 1.54) is 28.8 Å². The van der Waals surface area contributed by atoms with Crippen LogP contribution in [0.3, 0.4) is 0 Å². The molecule has 0 bridgehead atoms. The normalized spacial score (nSPS) is 14.8. The highest BCUT2D eigenvalue weighted by molar-refractivity contribution is 6.31. The Balaban J connectivity index is 1.44. The quantitative estimate of drug-likeness (QED) is 0.325. The molecule has 1 aliphatic rings. The number of nitrogens with one attached hydrogen (secondary N) is 2. The van der Waals surface area contributed by atoms with Crippen LogP contribution in [0.5, 0.6) is 0 Å². The predicted octanol–water partition coefficient (Wildman–Crippen LogP) is 4.20. The number of carboxylic acids is 1. The van der Waals surface area contributed by atoms with Gasteiger partial charge < -0.3 is 25.7 Å². The molecule has 0 unspecified atom stereocenters. The van der Waals surface area contributed by atoms with Gasteiger partial charge in [-0.25, -0.2) is 9.18 Å². The molecule has 0 saturated carbocycles. The Morgan fingerprint density at radius 3 is 2.74 bits per heavy atom. The molecule has 0 saturated heterocycles. The number of pyridine rings is 1. The third-order valence-electron chi connectivity index (χ3n) is 5.97. The fraction of sp³-hybridized carbons (Fsp3) is 0.125. The van der Waals surface area contributed by atoms with E-state index in [9.17, 15) is 18.8 Å². The lowest BCUT2D eigenvalue weighted by atomic mass is 10.0. The van der Waals surface area contributed by atoms with Gasteiger partial charge in [-0.3, -0.25) is 9.59 Å². The number of carbonyl (C=O) groups excluding carboxylic acids is 1. The second kappa shape index (κ2) is 8.03. The van der Waals surface area contributed by atoms with Crippen LogP contribution >= 0.6 is 11.6 Å². The lowest BCUT2D eigenvalue weighted by molar-refractivity contribution is -0.119. The maximum absolute atomic E-state index is 14.6. The molecular formula is C24H18ClFN4O4. The molecule has 172 valence electrons. The van der Waals surface area contributed by atoms with Crippen molar-refractivity contribution in [1.29, 1.82) is 0 Å². The summed E-state index contributed by atoms with van der Waals surface area (Å²) in [5, 5.41) is 12.5. The molecule has 5 N–H and O–H groups in total. The van der Waals surface area contributed by atoms with Crippen molar-refractivity contribution >= 4 is 45.8 Å². The zero-order chi connectivity index (χ0) is 24.1. The number of rotatable bonds is 4. The van der Waals surface area contributed by atoms with Crippen molar-refractivity contribution in [2.24, 2.45) is 0 Å². The number of nitrogens with two attached hydrogens (primary N) is 1. The highest BCUT2D eigenvalue weighted by atomic mass is 35.5. The molecule has 4 aromatic rings. The maximum atomic E-state index is 14.6. The third kappa shape index (κ3) is 3.60. The topological polar surface area (TPSA) is 130 Å². The van der Waals surface area contributed by atoms with E-state index in [2.05, 4.69) is 10.3 Å². The molecule has 2 aromatic carbocycles. The number of nitrogens with zero attached hydrogens (tertiary/aromatic N) is 1. The molecule has 0 fully saturated rings. The second-order valence-electron chi connectivity index (χ2n) is 8.10. The van der Waals surface area contributed by atoms with E-state index in [0.29, 0.717) is 40.7 Å². The fourth-order valence-electron chi connectivity index (χ4n) is 4.40. The minimum atomic E-state index is -1.08. The van der Waals surface area contributed by atoms with Gasteiger partial charge in [0, 0.05) is 39.6 Å². The first-order valence-electron chi connectivity index (χ1n) is 10.4. The molecule has 0 aliphatic carbocycles. The van der Waals surface area contributed by atoms with Crippen molar-refractivity contribution in [3.63, 3.8) is 0 Å². The number of aromatic carboxylic acids is 1. The van der Waals surface area contributed by atoms with E-state index in [0.717, 1.165) is 0 Å². The summed E-state index contributed by atoms with van der Waals surface area (Å²) in [4.78, 5) is 39.9. The summed E-state index contributed by atoms with van der Waals surface area (Å²) >= 11 is 5.89. The van der Waals surface area contributed by atoms with Crippen LogP contribution in [-0.4, -0.2) is 26.5 Å². The summed E-state index contributed by atoms with van der Waals surface area (Å²) in [7, 11) is 0. The van der Waals surface area contributed by atoms with Crippen molar-refractivity contribution in [3.05, 3.63) is 81.1 Å². The van der Waals surface area contributed by atoms with E-state index in [1.54, 1.807) is 24.3 Å². The van der Waals surface area contributed by atoms with Gasteiger partial charge in [0.05, 0.1) is 5.02 Å². The number of H-pyrrole nitrogens is 1. The van der Waals surface area contributed by atoms with E-state index in [-0.39, 0.29) is 27.9 Å². The minimum absolute atomic E-state index is 0.0438. The number of fused-ring (bicyclic) bond motifs is 2. The average molecular weight is 481 g/mol. The summed E-state index contributed by atoms with van der Waals surface area (Å²) in [6.45, 7) is 0. The molecule has 8 nitrogen and oxygen atoms in total. The van der Waals surface area contributed by atoms with Gasteiger partial charge in [0.1, 0.15) is 11.7 Å². The van der Waals surface area contributed by atoms with Crippen LogP contribution in [0, 0.1) is 5.82 Å². The standard InChI is InChI=1S/C24H18ClFN4O4/c25-15-3-4-16(27)21(22(15)26)12-8-14-2-6-19(30(14)20(31)10-12)23(32)28-13-1-5-17-11(7-13)9-18(29-17)24(33)34/h1,3-5,7-10,19,29H,2,6,27H2,(H,28,32)(H,33,34)/t19-/m0/s1. The maximum Gasteiger partial charge on any atom is 0.352 e. The van der Waals surface area contributed by atoms with Crippen LogP contribution in [0.25, 0.3) is 22.0 Å². The first-order chi connectivity index (χ1) is 16.2. The Labute approximate surface area is 196 Å². The van der Waals surface area contributed by atoms with Crippen LogP contribution in [0.15, 0.2) is 53.3 Å². The second-order valence-corrected chi connectivity index (χ2v) is 8.51. The number of aromatic amines is 1. The number of nitrogen functional groups attached to an aromatic ring is 1. The molecular weight excluding hydrogens is 463 g/mol. The summed E-state index contributed by atoms with van der Waals surface area (Å²) in [5.41, 5.74) is 7.73. The number of carbonyl (C=O) groups is 2. The van der Waals surface area contributed by atoms with Gasteiger partial charge in [-0.05, 0) is 60.9 Å². The molecule has 10 heteroatoms. The summed E-state index contributed by atoms with van der Waals surface area (Å²) in [5.74, 6) is -2.16. The first-order valence-corrected chi connectivity index (χ1v) is 10.8. The number of aromatic nitrogens is 2. The van der Waals surface area contributed by atoms with E-state index in [1.807, 2.05) is 0 Å². The highest BCUT2D eigenvalue weighted by Crippen LogP contribution is 2.35. The molecule has 3 heterocycles. The molecule has 1 aliphatic heterocycles. The Hall–Kier alpha value is -4.11. The monoisotopic (exact) mass is 480 g/mol. The largest absolute Gasteiger partial charge is 0.477 e. The molecule has 2 aromatic heterocycles. The number of hydrogen-bond donors (Lipinski definition) is 4. The van der Waals surface area contributed by atoms with E-state index in [4.69, 9.17) is 22.4 Å². The average Bonchev–Trinajstić information content (AvgIpc) is 3.41. The van der Waals surface area contributed by atoms with E-state index < -0.39 is 23.4 Å². The third-order valence-corrected chi connectivity index (χ3v) is 6.26. The SMILES string of the molecule is Nc1ccc(Cl)c(F)c1-c1cc2n(c(=O)c1)[C@H](C(=O)Nc1ccc3[nH]c(C(=O)O)cc3c1)CC2. The highest BCUT2D eigenvalue weighted by Gasteiger charge is 2.30. The van der Waals surface area contributed by atoms with Crippen LogP contribution < -0.4 is 16.6 Å². The summed E-state index contributed by atoms with van der Waals surface area (Å²) in [6, 6.07) is 11.4. The Kier molecular flexibility index (Phi) is 5.13. The molecule has 5 rings (SSSR count). The Morgan fingerprint density at radius 2 is 1.97 bits per heavy atom. The fourth-order valence-corrected chi connectivity index (χ4v) is 4.56. The van der Waals surface area contributed by atoms with E-state index >= 15 is 0 Å². The first kappa shape index (κ1) is 21.7. The minimum Gasteiger partial charge on any atom is -0.477 e. The van der Waals surface area contributed by atoms with Crippen LogP contribution in [-0.2, 0) is 11.2 Å². The molecule has 34 heavy (non-hydrogen) atoms. The van der Waals surface area contributed by atoms with Gasteiger partial charge in [-0.2, -0.15) is 0 Å². The lowest BCUT2D eigenvalue weighted by Gasteiger charge is -2.16. The van der Waals surface area contributed by atoms with Gasteiger partial charge in [0.25, 0.3) is 5.56 Å². The number of benzene rings is 2. The number of carboxylic acid groups (broad SMARTS) is 1. The number of aryl methyl sites for hydroxylation is 1. The smallest absolute Gasteiger partial charge is 0.352 e. The molecule has 1 atom stereocenters. The van der Waals surface area contributed by atoms with Gasteiger partial charge in [0.2, 0.25) is 5.91 Å². The summed E-state index contributed by atoms with van der Waals surface area (Å²) < 4.78 is 16.0. The van der Waals surface area contributed by atoms with Crippen molar-refractivity contribution in [3.8, 4) is 11.1 Å². The number of halogens is 2. The zero-order valence-electron chi connectivity index (χ0n) is 17.6. The van der Waals surface area contributed by atoms with Crippen LogP contribution in [0.2, 0.25) is 5.02 Å². The zero-order valence-corrected chi connectivity index (χ0v) is 18.3. The predicted molar refractivity (Wildman–Crippen MR) is 127 cm³/mol. The number of hydrogen-bond acceptors (Lipinski definition) is 4. The Morgan fingerprint density at radius 1 is 1.18 bits per heavy atom. The van der Waals surface area contributed by atoms with Gasteiger partial charge in [-0.15, -0.1) is 0 Å². The van der Waals surface area contributed by atoms with Crippen molar-refractivity contribution in [2.75, 3.05) is 11.1 Å². The summed E-state index contributed by atoms with van der Waals surface area (Å²) in [6.07, 6.45) is 0.843. The molecule has 0 spiro atoms. The van der Waals surface area contributed by atoms with Crippen molar-refractivity contribution < 1.29 is 19.1 Å².